The fraction of sp³-hybridized carbons (Fsp3) is 0.286. The molecule has 27 heavy (non-hydrogen) atoms. The third-order valence-corrected chi connectivity index (χ3v) is 4.91. The predicted molar refractivity (Wildman–Crippen MR) is 101 cm³/mol. The third kappa shape index (κ3) is 3.74. The van der Waals surface area contributed by atoms with Crippen LogP contribution in [0.3, 0.4) is 0 Å². The molecule has 0 N–H and O–H groups in total. The number of carbonyl (C=O) groups is 1. The molecule has 0 unspecified atom stereocenters. The van der Waals surface area contributed by atoms with Gasteiger partial charge in [-0.25, -0.2) is 4.39 Å². The van der Waals surface area contributed by atoms with Gasteiger partial charge in [0.05, 0.1) is 18.3 Å². The Labute approximate surface area is 156 Å². The van der Waals surface area contributed by atoms with Gasteiger partial charge in [0.25, 0.3) is 0 Å². The highest BCUT2D eigenvalue weighted by molar-refractivity contribution is 5.79. The van der Waals surface area contributed by atoms with Crippen LogP contribution in [0.5, 0.6) is 0 Å². The number of carbonyl (C=O) groups excluding carboxylic acids is 1. The van der Waals surface area contributed by atoms with Crippen LogP contribution in [0.15, 0.2) is 59.5 Å². The molecule has 0 spiro atoms. The Morgan fingerprint density at radius 3 is 2.67 bits per heavy atom. The Hall–Kier alpha value is -3.02. The van der Waals surface area contributed by atoms with Crippen molar-refractivity contribution in [3.63, 3.8) is 0 Å². The summed E-state index contributed by atoms with van der Waals surface area (Å²) in [5.74, 6) is -0.311. The molecule has 5 nitrogen and oxygen atoms in total. The normalized spacial score (nSPS) is 13.7. The van der Waals surface area contributed by atoms with E-state index < -0.39 is 0 Å². The number of nitrogens with zero attached hydrogens (tertiary/aromatic N) is 3. The van der Waals surface area contributed by atoms with Crippen LogP contribution in [-0.2, 0) is 17.9 Å². The third-order valence-electron chi connectivity index (χ3n) is 4.91. The van der Waals surface area contributed by atoms with E-state index in [1.54, 1.807) is 33.8 Å². The Morgan fingerprint density at radius 1 is 1.15 bits per heavy atom. The van der Waals surface area contributed by atoms with Crippen LogP contribution in [0.1, 0.15) is 24.8 Å². The molecule has 0 radical (unpaired) electrons. The summed E-state index contributed by atoms with van der Waals surface area (Å²) in [4.78, 5) is 26.5. The lowest BCUT2D eigenvalue weighted by atomic mass is 10.2. The minimum Gasteiger partial charge on any atom is -0.335 e. The summed E-state index contributed by atoms with van der Waals surface area (Å²) in [6, 6.07) is 14.0. The molecule has 6 heteroatoms. The van der Waals surface area contributed by atoms with Crippen molar-refractivity contribution in [2.24, 2.45) is 0 Å². The molecule has 3 aromatic rings. The van der Waals surface area contributed by atoms with Crippen molar-refractivity contribution in [2.75, 3.05) is 0 Å². The van der Waals surface area contributed by atoms with Crippen molar-refractivity contribution in [1.82, 2.24) is 14.7 Å². The summed E-state index contributed by atoms with van der Waals surface area (Å²) in [6.45, 7) is 0.661. The van der Waals surface area contributed by atoms with E-state index in [0.717, 1.165) is 12.8 Å². The predicted octanol–water partition coefficient (Wildman–Crippen LogP) is 3.12. The first-order valence-corrected chi connectivity index (χ1v) is 9.11. The number of hydrogen-bond donors (Lipinski definition) is 0. The van der Waals surface area contributed by atoms with Crippen LogP contribution in [0.25, 0.3) is 10.9 Å². The maximum atomic E-state index is 14.0. The van der Waals surface area contributed by atoms with Crippen LogP contribution in [0.4, 0.5) is 4.39 Å². The number of amides is 1. The van der Waals surface area contributed by atoms with E-state index in [4.69, 9.17) is 0 Å². The van der Waals surface area contributed by atoms with Crippen LogP contribution >= 0.6 is 0 Å². The maximum absolute atomic E-state index is 14.0. The lowest BCUT2D eigenvalue weighted by Gasteiger charge is -2.23. The van der Waals surface area contributed by atoms with Crippen LogP contribution in [-0.4, -0.2) is 26.6 Å². The smallest absolute Gasteiger partial charge is 0.224 e. The number of halogens is 1. The molecule has 1 saturated carbocycles. The highest BCUT2D eigenvalue weighted by Crippen LogP contribution is 2.29. The number of aromatic nitrogens is 2. The zero-order valence-electron chi connectivity index (χ0n) is 14.8. The van der Waals surface area contributed by atoms with E-state index in [-0.39, 0.29) is 36.2 Å². The number of rotatable bonds is 6. The first kappa shape index (κ1) is 17.4. The second-order valence-electron chi connectivity index (χ2n) is 6.84. The van der Waals surface area contributed by atoms with Crippen LogP contribution < -0.4 is 5.43 Å². The molecular formula is C21H20FN3O2. The molecule has 1 fully saturated rings. The fourth-order valence-electron chi connectivity index (χ4n) is 3.30. The van der Waals surface area contributed by atoms with Gasteiger partial charge in [0.2, 0.25) is 11.3 Å². The van der Waals surface area contributed by atoms with E-state index in [2.05, 4.69) is 5.10 Å². The van der Waals surface area contributed by atoms with Crippen molar-refractivity contribution < 1.29 is 9.18 Å². The van der Waals surface area contributed by atoms with Crippen molar-refractivity contribution in [1.29, 1.82) is 0 Å². The lowest BCUT2D eigenvalue weighted by molar-refractivity contribution is -0.132. The number of hydrogen-bond acceptors (Lipinski definition) is 3. The highest BCUT2D eigenvalue weighted by Gasteiger charge is 2.32. The summed E-state index contributed by atoms with van der Waals surface area (Å²) < 4.78 is 15.7. The number of benzene rings is 2. The van der Waals surface area contributed by atoms with Crippen molar-refractivity contribution in [2.45, 2.75) is 38.4 Å². The second kappa shape index (κ2) is 7.31. The van der Waals surface area contributed by atoms with Crippen molar-refractivity contribution in [3.8, 4) is 0 Å². The van der Waals surface area contributed by atoms with Gasteiger partial charge in [-0.15, -0.1) is 0 Å². The molecule has 0 bridgehead atoms. The summed E-state index contributed by atoms with van der Waals surface area (Å²) in [7, 11) is 0. The molecule has 1 heterocycles. The summed E-state index contributed by atoms with van der Waals surface area (Å²) in [6.07, 6.45) is 3.45. The first-order valence-electron chi connectivity index (χ1n) is 9.11. The first-order chi connectivity index (χ1) is 13.1. The van der Waals surface area contributed by atoms with E-state index >= 15 is 0 Å². The van der Waals surface area contributed by atoms with Gasteiger partial charge in [0.1, 0.15) is 5.82 Å². The number of fused-ring (bicyclic) bond motifs is 1. The van der Waals surface area contributed by atoms with Gasteiger partial charge in [-0.1, -0.05) is 30.3 Å². The summed E-state index contributed by atoms with van der Waals surface area (Å²) in [5.41, 5.74) is 1.11. The number of aryl methyl sites for hydroxylation is 1. The van der Waals surface area contributed by atoms with Crippen molar-refractivity contribution in [3.05, 3.63) is 76.3 Å². The lowest BCUT2D eigenvalue weighted by Crippen LogP contribution is -2.33. The average Bonchev–Trinajstić information content (AvgIpc) is 3.52. The SMILES string of the molecule is O=C(CCn1ncc(=O)c2ccccc21)N(Cc1ccccc1F)C1CC1. The van der Waals surface area contributed by atoms with E-state index in [1.807, 2.05) is 18.2 Å². The summed E-state index contributed by atoms with van der Waals surface area (Å²) >= 11 is 0. The Bertz CT molecular complexity index is 1040. The quantitative estimate of drug-likeness (QED) is 0.674. The van der Waals surface area contributed by atoms with Gasteiger partial charge in [0.15, 0.2) is 0 Å². The average molecular weight is 365 g/mol. The van der Waals surface area contributed by atoms with E-state index in [9.17, 15) is 14.0 Å². The molecular weight excluding hydrogens is 345 g/mol. The minimum absolute atomic E-state index is 0.0228. The van der Waals surface area contributed by atoms with Crippen LogP contribution in [0, 0.1) is 5.82 Å². The minimum atomic E-state index is -0.288. The van der Waals surface area contributed by atoms with Gasteiger partial charge in [-0.3, -0.25) is 14.3 Å². The van der Waals surface area contributed by atoms with Crippen LogP contribution in [0.2, 0.25) is 0 Å². The van der Waals surface area contributed by atoms with Gasteiger partial charge in [-0.2, -0.15) is 5.10 Å². The van der Waals surface area contributed by atoms with Gasteiger partial charge >= 0.3 is 0 Å². The molecule has 1 aliphatic carbocycles. The molecule has 138 valence electrons. The molecule has 1 amide bonds. The van der Waals surface area contributed by atoms with E-state index in [0.29, 0.717) is 23.0 Å². The molecule has 2 aromatic carbocycles. The highest BCUT2D eigenvalue weighted by atomic mass is 19.1. The van der Waals surface area contributed by atoms with Crippen molar-refractivity contribution >= 4 is 16.8 Å². The Morgan fingerprint density at radius 2 is 1.89 bits per heavy atom. The van der Waals surface area contributed by atoms with Gasteiger partial charge in [-0.05, 0) is 31.0 Å². The second-order valence-corrected chi connectivity index (χ2v) is 6.84. The molecule has 1 aliphatic rings. The molecule has 0 aliphatic heterocycles. The van der Waals surface area contributed by atoms with Gasteiger partial charge < -0.3 is 4.90 Å². The molecule has 1 aromatic heterocycles. The largest absolute Gasteiger partial charge is 0.335 e. The zero-order chi connectivity index (χ0) is 18.8. The molecule has 4 rings (SSSR count). The Kier molecular flexibility index (Phi) is 4.71. The standard InChI is InChI=1S/C21H20FN3O2/c22-18-7-3-1-5-15(18)14-24(16-9-10-16)21(27)11-12-25-19-8-4-2-6-17(19)20(26)13-23-25/h1-8,13,16H,9-12,14H2. The van der Waals surface area contributed by atoms with E-state index in [1.165, 1.54) is 12.3 Å². The van der Waals surface area contributed by atoms with Gasteiger partial charge in [0, 0.05) is 30.0 Å². The molecule has 0 saturated heterocycles. The maximum Gasteiger partial charge on any atom is 0.224 e. The zero-order valence-corrected chi connectivity index (χ0v) is 14.8. The topological polar surface area (TPSA) is 55.2 Å². The Balaban J connectivity index is 1.50. The monoisotopic (exact) mass is 365 g/mol. The summed E-state index contributed by atoms with van der Waals surface area (Å²) in [5, 5.41) is 4.76. The molecule has 0 atom stereocenters. The number of para-hydroxylation sites is 1. The fourth-order valence-corrected chi connectivity index (χ4v) is 3.30.